The maximum absolute atomic E-state index is 12.8. The second-order valence-corrected chi connectivity index (χ2v) is 8.43. The van der Waals surface area contributed by atoms with Gasteiger partial charge in [-0.1, -0.05) is 42.5 Å². The first-order chi connectivity index (χ1) is 14.3. The summed E-state index contributed by atoms with van der Waals surface area (Å²) in [6.07, 6.45) is 5.09. The molecule has 0 aliphatic heterocycles. The van der Waals surface area contributed by atoms with Gasteiger partial charge in [0.2, 0.25) is 5.91 Å². The number of carbonyl (C=O) groups excluding carboxylic acids is 2. The molecule has 8 heteroatoms. The van der Waals surface area contributed by atoms with E-state index in [1.165, 1.54) is 11.4 Å². The number of hydrogen-bond donors (Lipinski definition) is 1. The molecule has 30 heavy (non-hydrogen) atoms. The van der Waals surface area contributed by atoms with Crippen molar-refractivity contribution < 1.29 is 9.59 Å². The molecule has 2 aromatic rings. The minimum atomic E-state index is -0.423. The summed E-state index contributed by atoms with van der Waals surface area (Å²) in [5, 5.41) is 8.96. The molecule has 2 amide bonds. The maximum atomic E-state index is 12.8. The highest BCUT2D eigenvalue weighted by molar-refractivity contribution is 6.42. The summed E-state index contributed by atoms with van der Waals surface area (Å²) in [6, 6.07) is 7.33. The predicted octanol–water partition coefficient (Wildman–Crippen LogP) is 5.19. The highest BCUT2D eigenvalue weighted by Crippen LogP contribution is 2.31. The van der Waals surface area contributed by atoms with Gasteiger partial charge >= 0.3 is 0 Å². The van der Waals surface area contributed by atoms with Gasteiger partial charge in [0.25, 0.3) is 5.91 Å². The summed E-state index contributed by atoms with van der Waals surface area (Å²) >= 11 is 12.2. The van der Waals surface area contributed by atoms with Gasteiger partial charge < -0.3 is 9.88 Å². The Labute approximate surface area is 186 Å². The SMILES string of the molecule is C=NN(C(=O)CC(=O)NC1CCCCC1)c1cc(C)n(-c2ccc(Cl)c(Cl)c2)c1C. The number of rotatable bonds is 6. The number of halogens is 2. The van der Waals surface area contributed by atoms with E-state index < -0.39 is 5.91 Å². The summed E-state index contributed by atoms with van der Waals surface area (Å²) in [5.74, 6) is -0.702. The molecule has 160 valence electrons. The van der Waals surface area contributed by atoms with E-state index in [2.05, 4.69) is 17.1 Å². The van der Waals surface area contributed by atoms with E-state index in [1.54, 1.807) is 12.1 Å². The largest absolute Gasteiger partial charge is 0.353 e. The molecule has 1 fully saturated rings. The van der Waals surface area contributed by atoms with Gasteiger partial charge in [-0.05, 0) is 51.0 Å². The summed E-state index contributed by atoms with van der Waals surface area (Å²) < 4.78 is 1.95. The lowest BCUT2D eigenvalue weighted by atomic mass is 9.95. The van der Waals surface area contributed by atoms with Crippen molar-refractivity contribution in [2.75, 3.05) is 5.01 Å². The summed E-state index contributed by atoms with van der Waals surface area (Å²) in [5.41, 5.74) is 3.05. The number of aryl methyl sites for hydroxylation is 1. The topological polar surface area (TPSA) is 66.7 Å². The number of nitrogens with one attached hydrogen (secondary N) is 1. The fourth-order valence-corrected chi connectivity index (χ4v) is 4.30. The molecule has 3 rings (SSSR count). The summed E-state index contributed by atoms with van der Waals surface area (Å²) in [6.45, 7) is 7.33. The number of hydrogen-bond acceptors (Lipinski definition) is 3. The van der Waals surface area contributed by atoms with Crippen molar-refractivity contribution in [1.82, 2.24) is 9.88 Å². The number of benzene rings is 1. The first-order valence-electron chi connectivity index (χ1n) is 10.0. The number of amides is 2. The van der Waals surface area contributed by atoms with Crippen molar-refractivity contribution in [2.45, 2.75) is 58.4 Å². The van der Waals surface area contributed by atoms with Crippen LogP contribution in [0.3, 0.4) is 0 Å². The van der Waals surface area contributed by atoms with Gasteiger partial charge in [-0.2, -0.15) is 10.1 Å². The molecule has 0 atom stereocenters. The van der Waals surface area contributed by atoms with Crippen molar-refractivity contribution in [3.8, 4) is 5.69 Å². The first-order valence-corrected chi connectivity index (χ1v) is 10.8. The standard InChI is InChI=1S/C22H26Cl2N4O2/c1-14-11-20(15(2)27(14)17-9-10-18(23)19(24)12-17)28(25-3)22(30)13-21(29)26-16-7-5-4-6-8-16/h9-12,16H,3-8,13H2,1-2H3,(H,26,29). The van der Waals surface area contributed by atoms with Crippen LogP contribution in [-0.4, -0.2) is 29.1 Å². The van der Waals surface area contributed by atoms with Crippen LogP contribution in [0.2, 0.25) is 10.0 Å². The third kappa shape index (κ3) is 4.87. The Balaban J connectivity index is 1.79. The highest BCUT2D eigenvalue weighted by Gasteiger charge is 2.24. The molecule has 6 nitrogen and oxygen atoms in total. The second-order valence-electron chi connectivity index (χ2n) is 7.62. The predicted molar refractivity (Wildman–Crippen MR) is 122 cm³/mol. The quantitative estimate of drug-likeness (QED) is 0.375. The fourth-order valence-electron chi connectivity index (χ4n) is 4.01. The smallest absolute Gasteiger partial charge is 0.256 e. The van der Waals surface area contributed by atoms with Gasteiger partial charge in [-0.3, -0.25) is 9.59 Å². The monoisotopic (exact) mass is 448 g/mol. The van der Waals surface area contributed by atoms with E-state index in [4.69, 9.17) is 23.2 Å². The zero-order chi connectivity index (χ0) is 21.8. The molecule has 1 aromatic carbocycles. The molecule has 1 aliphatic rings. The summed E-state index contributed by atoms with van der Waals surface area (Å²) in [4.78, 5) is 25.2. The molecule has 0 bridgehead atoms. The number of hydrazone groups is 1. The molecular formula is C22H26Cl2N4O2. The van der Waals surface area contributed by atoms with Crippen molar-refractivity contribution in [1.29, 1.82) is 0 Å². The lowest BCUT2D eigenvalue weighted by Crippen LogP contribution is -2.39. The van der Waals surface area contributed by atoms with Crippen molar-refractivity contribution in [3.63, 3.8) is 0 Å². The van der Waals surface area contributed by atoms with Crippen LogP contribution in [0, 0.1) is 13.8 Å². The van der Waals surface area contributed by atoms with Crippen molar-refractivity contribution >= 4 is 47.4 Å². The Morgan fingerprint density at radius 1 is 1.17 bits per heavy atom. The van der Waals surface area contributed by atoms with Crippen LogP contribution in [0.25, 0.3) is 5.69 Å². The minimum Gasteiger partial charge on any atom is -0.353 e. The van der Waals surface area contributed by atoms with E-state index in [-0.39, 0.29) is 18.4 Å². The van der Waals surface area contributed by atoms with E-state index >= 15 is 0 Å². The van der Waals surface area contributed by atoms with Crippen LogP contribution in [0.5, 0.6) is 0 Å². The van der Waals surface area contributed by atoms with E-state index in [0.29, 0.717) is 15.7 Å². The van der Waals surface area contributed by atoms with Crippen LogP contribution < -0.4 is 10.3 Å². The zero-order valence-corrected chi connectivity index (χ0v) is 18.8. The fraction of sp³-hybridized carbons (Fsp3) is 0.409. The van der Waals surface area contributed by atoms with Crippen LogP contribution in [0.1, 0.15) is 49.9 Å². The average molecular weight is 449 g/mol. The second kappa shape index (κ2) is 9.67. The molecule has 0 spiro atoms. The van der Waals surface area contributed by atoms with Crippen LogP contribution >= 0.6 is 23.2 Å². The molecule has 1 heterocycles. The van der Waals surface area contributed by atoms with E-state index in [0.717, 1.165) is 42.8 Å². The van der Waals surface area contributed by atoms with Gasteiger partial charge in [0.05, 0.1) is 15.7 Å². The maximum Gasteiger partial charge on any atom is 0.256 e. The Morgan fingerprint density at radius 3 is 2.50 bits per heavy atom. The van der Waals surface area contributed by atoms with E-state index in [1.807, 2.05) is 30.5 Å². The van der Waals surface area contributed by atoms with Gasteiger partial charge in [0.15, 0.2) is 0 Å². The third-order valence-corrected chi connectivity index (χ3v) is 6.19. The third-order valence-electron chi connectivity index (χ3n) is 5.45. The molecule has 0 radical (unpaired) electrons. The van der Waals surface area contributed by atoms with E-state index in [9.17, 15) is 9.59 Å². The van der Waals surface area contributed by atoms with Crippen molar-refractivity contribution in [2.24, 2.45) is 5.10 Å². The number of aromatic nitrogens is 1. The molecule has 1 saturated carbocycles. The van der Waals surface area contributed by atoms with Crippen LogP contribution in [-0.2, 0) is 9.59 Å². The Morgan fingerprint density at radius 2 is 1.87 bits per heavy atom. The lowest BCUT2D eigenvalue weighted by molar-refractivity contribution is -0.128. The normalized spacial score (nSPS) is 14.4. The minimum absolute atomic E-state index is 0.156. The molecule has 1 aliphatic carbocycles. The zero-order valence-electron chi connectivity index (χ0n) is 17.3. The Kier molecular flexibility index (Phi) is 7.21. The molecule has 0 saturated heterocycles. The van der Waals surface area contributed by atoms with Gasteiger partial charge in [-0.15, -0.1) is 0 Å². The van der Waals surface area contributed by atoms with Gasteiger partial charge in [-0.25, -0.2) is 0 Å². The molecular weight excluding hydrogens is 423 g/mol. The Bertz CT molecular complexity index is 964. The average Bonchev–Trinajstić information content (AvgIpc) is 2.99. The lowest BCUT2D eigenvalue weighted by Gasteiger charge is -2.23. The number of carbonyl (C=O) groups is 2. The summed E-state index contributed by atoms with van der Waals surface area (Å²) in [7, 11) is 0. The van der Waals surface area contributed by atoms with Crippen LogP contribution in [0.15, 0.2) is 29.4 Å². The molecule has 1 aromatic heterocycles. The number of anilines is 1. The molecule has 1 N–H and O–H groups in total. The van der Waals surface area contributed by atoms with Gasteiger partial charge in [0, 0.05) is 29.8 Å². The first kappa shape index (κ1) is 22.4. The van der Waals surface area contributed by atoms with Crippen molar-refractivity contribution in [3.05, 3.63) is 45.7 Å². The molecule has 0 unspecified atom stereocenters. The Hall–Kier alpha value is -2.31. The van der Waals surface area contributed by atoms with Gasteiger partial charge in [0.1, 0.15) is 6.42 Å². The highest BCUT2D eigenvalue weighted by atomic mass is 35.5. The van der Waals surface area contributed by atoms with Crippen LogP contribution in [0.4, 0.5) is 5.69 Å². The number of nitrogens with zero attached hydrogens (tertiary/aromatic N) is 3.